The Balaban J connectivity index is 2.04. The lowest BCUT2D eigenvalue weighted by Crippen LogP contribution is -2.08. The molecule has 3 rings (SSSR count). The van der Waals surface area contributed by atoms with Crippen LogP contribution < -0.4 is 9.47 Å². The Hall–Kier alpha value is -3.68. The molecule has 0 spiro atoms. The minimum absolute atomic E-state index is 0.0262. The fraction of sp³-hybridized carbons (Fsp3) is 0.200. The van der Waals surface area contributed by atoms with Gasteiger partial charge in [-0.15, -0.1) is 0 Å². The molecule has 28 heavy (non-hydrogen) atoms. The summed E-state index contributed by atoms with van der Waals surface area (Å²) in [5.41, 5.74) is 1.36. The maximum Gasteiger partial charge on any atom is 0.363 e. The van der Waals surface area contributed by atoms with Gasteiger partial charge in [-0.1, -0.05) is 18.2 Å². The molecule has 8 nitrogen and oxygen atoms in total. The number of aliphatic imine (C=N–C) groups is 1. The number of methoxy groups -OCH3 is 1. The molecule has 0 bridgehead atoms. The largest absolute Gasteiger partial charge is 0.493 e. The number of carbonyl (C=O) groups is 1. The molecule has 0 amide bonds. The lowest BCUT2D eigenvalue weighted by molar-refractivity contribution is -0.385. The number of hydrogen-bond acceptors (Lipinski definition) is 7. The van der Waals surface area contributed by atoms with E-state index >= 15 is 0 Å². The fourth-order valence-corrected chi connectivity index (χ4v) is 2.83. The second-order valence-electron chi connectivity index (χ2n) is 5.85. The predicted molar refractivity (Wildman–Crippen MR) is 103 cm³/mol. The highest BCUT2D eigenvalue weighted by molar-refractivity contribution is 6.13. The average Bonchev–Trinajstić information content (AvgIpc) is 3.03. The van der Waals surface area contributed by atoms with Crippen molar-refractivity contribution in [3.63, 3.8) is 0 Å². The van der Waals surface area contributed by atoms with Crippen LogP contribution in [0.25, 0.3) is 6.08 Å². The van der Waals surface area contributed by atoms with Crippen molar-refractivity contribution in [2.24, 2.45) is 4.99 Å². The van der Waals surface area contributed by atoms with Crippen molar-refractivity contribution in [1.29, 1.82) is 0 Å². The smallest absolute Gasteiger partial charge is 0.363 e. The quantitative estimate of drug-likeness (QED) is 0.327. The second kappa shape index (κ2) is 7.91. The average molecular weight is 382 g/mol. The summed E-state index contributed by atoms with van der Waals surface area (Å²) in [5.74, 6) is 0.397. The molecule has 0 radical (unpaired) electrons. The van der Waals surface area contributed by atoms with E-state index in [0.717, 1.165) is 0 Å². The molecule has 0 aliphatic carbocycles. The number of para-hydroxylation sites is 1. The second-order valence-corrected chi connectivity index (χ2v) is 5.85. The number of hydrogen-bond donors (Lipinski definition) is 0. The molecule has 1 aliphatic rings. The molecule has 0 saturated carbocycles. The first kappa shape index (κ1) is 19.1. The number of nitro groups is 1. The zero-order chi connectivity index (χ0) is 20.3. The summed E-state index contributed by atoms with van der Waals surface area (Å²) >= 11 is 0. The van der Waals surface area contributed by atoms with Crippen molar-refractivity contribution in [3.05, 3.63) is 68.9 Å². The molecule has 1 aliphatic heterocycles. The first-order valence-electron chi connectivity index (χ1n) is 8.53. The maximum absolute atomic E-state index is 12.3. The van der Waals surface area contributed by atoms with Gasteiger partial charge in [-0.05, 0) is 32.1 Å². The molecule has 0 saturated heterocycles. The molecule has 0 unspecified atom stereocenters. The van der Waals surface area contributed by atoms with Crippen LogP contribution in [0, 0.1) is 17.0 Å². The summed E-state index contributed by atoms with van der Waals surface area (Å²) < 4.78 is 16.2. The Labute approximate surface area is 161 Å². The molecule has 0 fully saturated rings. The van der Waals surface area contributed by atoms with Crippen molar-refractivity contribution in [2.45, 2.75) is 13.8 Å². The molecule has 8 heteroatoms. The van der Waals surface area contributed by atoms with Crippen LogP contribution in [0.3, 0.4) is 0 Å². The number of nitro benzene ring substituents is 1. The summed E-state index contributed by atoms with van der Waals surface area (Å²) in [5, 5.41) is 11.1. The number of rotatable bonds is 6. The Morgan fingerprint density at radius 3 is 2.68 bits per heavy atom. The fourth-order valence-electron chi connectivity index (χ4n) is 2.83. The number of benzene rings is 2. The van der Waals surface area contributed by atoms with Crippen LogP contribution in [-0.2, 0) is 9.53 Å². The van der Waals surface area contributed by atoms with Gasteiger partial charge in [0.15, 0.2) is 17.2 Å². The SMILES string of the molecule is CCOc1c(/C=C2\N=C(c3cccc([N+](=O)[O-])c3C)OC2=O)cccc1OC. The number of esters is 1. The summed E-state index contributed by atoms with van der Waals surface area (Å²) in [4.78, 5) is 27.2. The minimum Gasteiger partial charge on any atom is -0.493 e. The van der Waals surface area contributed by atoms with Crippen LogP contribution in [-0.4, -0.2) is 30.5 Å². The van der Waals surface area contributed by atoms with Crippen molar-refractivity contribution in [1.82, 2.24) is 0 Å². The van der Waals surface area contributed by atoms with Crippen LogP contribution in [0.1, 0.15) is 23.6 Å². The van der Waals surface area contributed by atoms with Crippen LogP contribution >= 0.6 is 0 Å². The van der Waals surface area contributed by atoms with Crippen LogP contribution in [0.5, 0.6) is 11.5 Å². The van der Waals surface area contributed by atoms with Crippen LogP contribution in [0.15, 0.2) is 47.1 Å². The Bertz CT molecular complexity index is 1010. The predicted octanol–water partition coefficient (Wildman–Crippen LogP) is 3.66. The van der Waals surface area contributed by atoms with E-state index < -0.39 is 10.9 Å². The molecular weight excluding hydrogens is 364 g/mol. The summed E-state index contributed by atoms with van der Waals surface area (Å²) in [6, 6.07) is 9.81. The topological polar surface area (TPSA) is 100 Å². The van der Waals surface area contributed by atoms with Gasteiger partial charge in [0.25, 0.3) is 5.69 Å². The molecular formula is C20H18N2O6. The van der Waals surface area contributed by atoms with Gasteiger partial charge in [-0.2, -0.15) is 0 Å². The Morgan fingerprint density at radius 1 is 1.25 bits per heavy atom. The van der Waals surface area contributed by atoms with E-state index in [1.54, 1.807) is 31.2 Å². The summed E-state index contributed by atoms with van der Waals surface area (Å²) in [6.45, 7) is 3.84. The van der Waals surface area contributed by atoms with Gasteiger partial charge >= 0.3 is 5.97 Å². The normalized spacial score (nSPS) is 14.6. The molecule has 144 valence electrons. The van der Waals surface area contributed by atoms with Gasteiger partial charge in [0.1, 0.15) is 0 Å². The first-order valence-corrected chi connectivity index (χ1v) is 8.53. The minimum atomic E-state index is -0.647. The van der Waals surface area contributed by atoms with Gasteiger partial charge in [-0.3, -0.25) is 10.1 Å². The van der Waals surface area contributed by atoms with E-state index in [4.69, 9.17) is 14.2 Å². The monoisotopic (exact) mass is 382 g/mol. The molecule has 1 heterocycles. The van der Waals surface area contributed by atoms with E-state index in [9.17, 15) is 14.9 Å². The molecule has 2 aromatic carbocycles. The third-order valence-electron chi connectivity index (χ3n) is 4.16. The maximum atomic E-state index is 12.3. The van der Waals surface area contributed by atoms with Crippen molar-refractivity contribution >= 4 is 23.6 Å². The molecule has 0 atom stereocenters. The van der Waals surface area contributed by atoms with Gasteiger partial charge < -0.3 is 14.2 Å². The third kappa shape index (κ3) is 3.57. The van der Waals surface area contributed by atoms with Gasteiger partial charge in [0.05, 0.1) is 18.6 Å². The lowest BCUT2D eigenvalue weighted by atomic mass is 10.1. The van der Waals surface area contributed by atoms with E-state index in [-0.39, 0.29) is 17.3 Å². The number of carbonyl (C=O) groups excluding carboxylic acids is 1. The molecule has 0 aromatic heterocycles. The Kier molecular flexibility index (Phi) is 5.39. The van der Waals surface area contributed by atoms with Gasteiger partial charge in [0.2, 0.25) is 5.90 Å². The van der Waals surface area contributed by atoms with Crippen LogP contribution in [0.2, 0.25) is 0 Å². The zero-order valence-corrected chi connectivity index (χ0v) is 15.6. The van der Waals surface area contributed by atoms with Gasteiger partial charge in [-0.25, -0.2) is 9.79 Å². The van der Waals surface area contributed by atoms with Crippen LogP contribution in [0.4, 0.5) is 5.69 Å². The standard InChI is InChI=1S/C20H18N2O6/c1-4-27-18-13(7-5-10-17(18)26-3)11-15-20(23)28-19(21-15)14-8-6-9-16(12(14)2)22(24)25/h5-11H,4H2,1-3H3/b15-11-. The van der Waals surface area contributed by atoms with E-state index in [1.807, 2.05) is 6.92 Å². The van der Waals surface area contributed by atoms with Crippen molar-refractivity contribution in [2.75, 3.05) is 13.7 Å². The number of cyclic esters (lactones) is 1. The van der Waals surface area contributed by atoms with Crippen molar-refractivity contribution < 1.29 is 23.9 Å². The number of ether oxygens (including phenoxy) is 3. The first-order chi connectivity index (χ1) is 13.5. The number of nitrogens with zero attached hydrogens (tertiary/aromatic N) is 2. The Morgan fingerprint density at radius 2 is 2.00 bits per heavy atom. The third-order valence-corrected chi connectivity index (χ3v) is 4.16. The highest BCUT2D eigenvalue weighted by Crippen LogP contribution is 2.34. The lowest BCUT2D eigenvalue weighted by Gasteiger charge is -2.11. The molecule has 0 N–H and O–H groups in total. The van der Waals surface area contributed by atoms with Gasteiger partial charge in [0, 0.05) is 22.8 Å². The van der Waals surface area contributed by atoms with Crippen molar-refractivity contribution in [3.8, 4) is 11.5 Å². The summed E-state index contributed by atoms with van der Waals surface area (Å²) in [6.07, 6.45) is 1.54. The van der Waals surface area contributed by atoms with E-state index in [1.165, 1.54) is 25.3 Å². The summed E-state index contributed by atoms with van der Waals surface area (Å²) in [7, 11) is 1.53. The van der Waals surface area contributed by atoms with E-state index in [0.29, 0.717) is 34.8 Å². The zero-order valence-electron chi connectivity index (χ0n) is 15.6. The highest BCUT2D eigenvalue weighted by atomic mass is 16.6. The molecule has 2 aromatic rings. The highest BCUT2D eigenvalue weighted by Gasteiger charge is 2.28. The van der Waals surface area contributed by atoms with E-state index in [2.05, 4.69) is 4.99 Å².